The molecule has 7 rings (SSSR count). The Labute approximate surface area is 451 Å². The summed E-state index contributed by atoms with van der Waals surface area (Å²) in [6.45, 7) is 24.7. The van der Waals surface area contributed by atoms with E-state index in [1.807, 2.05) is 88.0 Å². The van der Waals surface area contributed by atoms with E-state index in [-0.39, 0.29) is 12.6 Å². The Bertz CT molecular complexity index is 2900. The molecule has 0 saturated carbocycles. The third-order valence-electron chi connectivity index (χ3n) is 13.9. The number of hydrogen-bond acceptors (Lipinski definition) is 13. The van der Waals surface area contributed by atoms with Gasteiger partial charge in [0.1, 0.15) is 29.4 Å². The number of anilines is 1. The van der Waals surface area contributed by atoms with E-state index in [1.165, 1.54) is 8.61 Å². The van der Waals surface area contributed by atoms with E-state index in [1.54, 1.807) is 20.2 Å². The Morgan fingerprint density at radius 2 is 1.53 bits per heavy atom. The number of aromatic nitrogens is 3. The van der Waals surface area contributed by atoms with Crippen LogP contribution in [0, 0.1) is 13.8 Å². The summed E-state index contributed by atoms with van der Waals surface area (Å²) in [5.74, 6) is 1.13. The van der Waals surface area contributed by atoms with Crippen molar-refractivity contribution in [3.05, 3.63) is 119 Å². The van der Waals surface area contributed by atoms with Gasteiger partial charge in [0.05, 0.1) is 49.9 Å². The summed E-state index contributed by atoms with van der Waals surface area (Å²) in [5, 5.41) is 5.96. The van der Waals surface area contributed by atoms with E-state index in [0.717, 1.165) is 101 Å². The van der Waals surface area contributed by atoms with Crippen molar-refractivity contribution in [2.24, 2.45) is 12.8 Å². The van der Waals surface area contributed by atoms with Gasteiger partial charge in [-0.25, -0.2) is 4.79 Å². The normalized spacial score (nSPS) is 15.3. The van der Waals surface area contributed by atoms with E-state index in [2.05, 4.69) is 62.8 Å². The van der Waals surface area contributed by atoms with Crippen molar-refractivity contribution in [1.82, 2.24) is 32.8 Å². The Morgan fingerprint density at radius 1 is 0.842 bits per heavy atom. The number of allylic oxidation sites excluding steroid dienone is 2. The number of nitrogens with zero attached hydrogens (tertiary/aromatic N) is 8. The predicted octanol–water partition coefficient (Wildman–Crippen LogP) is 7.10. The quantitative estimate of drug-likeness (QED) is 0.0259. The van der Waals surface area contributed by atoms with Crippen molar-refractivity contribution in [1.29, 1.82) is 0 Å². The zero-order valence-corrected chi connectivity index (χ0v) is 47.0. The molecule has 412 valence electrons. The maximum Gasteiger partial charge on any atom is 0.355 e. The van der Waals surface area contributed by atoms with Crippen molar-refractivity contribution in [2.45, 2.75) is 66.2 Å². The zero-order chi connectivity index (χ0) is 54.4. The summed E-state index contributed by atoms with van der Waals surface area (Å²) >= 11 is 0. The lowest BCUT2D eigenvalue weighted by atomic mass is 9.98. The molecule has 17 nitrogen and oxygen atoms in total. The van der Waals surface area contributed by atoms with Crippen LogP contribution in [0.1, 0.15) is 65.8 Å². The van der Waals surface area contributed by atoms with E-state index < -0.39 is 15.8 Å². The molecule has 5 aromatic rings. The first-order chi connectivity index (χ1) is 36.5. The van der Waals surface area contributed by atoms with Crippen LogP contribution in [0.15, 0.2) is 85.1 Å². The van der Waals surface area contributed by atoms with Gasteiger partial charge in [0.25, 0.3) is 10.2 Å². The van der Waals surface area contributed by atoms with E-state index in [0.29, 0.717) is 96.6 Å². The Hall–Kier alpha value is -5.79. The summed E-state index contributed by atoms with van der Waals surface area (Å²) in [4.78, 5) is 22.0. The minimum absolute atomic E-state index is 0.241. The van der Waals surface area contributed by atoms with Gasteiger partial charge in [0.15, 0.2) is 0 Å². The first-order valence-corrected chi connectivity index (χ1v) is 28.0. The highest BCUT2D eigenvalue weighted by Crippen LogP contribution is 2.39. The number of piperazine rings is 2. The molecule has 0 amide bonds. The molecular weight excluding hydrogens is 983 g/mol. The van der Waals surface area contributed by atoms with E-state index in [9.17, 15) is 13.2 Å². The maximum absolute atomic E-state index is 14.9. The second kappa shape index (κ2) is 27.0. The van der Waals surface area contributed by atoms with E-state index >= 15 is 0 Å². The van der Waals surface area contributed by atoms with E-state index in [4.69, 9.17) is 34.5 Å². The first kappa shape index (κ1) is 57.9. The van der Waals surface area contributed by atoms with Crippen molar-refractivity contribution in [3.8, 4) is 22.6 Å². The number of rotatable bonds is 26. The van der Waals surface area contributed by atoms with Crippen LogP contribution in [0.25, 0.3) is 28.1 Å². The fraction of sp³-hybridized carbons (Fsp3) is 0.500. The second-order valence-corrected chi connectivity index (χ2v) is 22.7. The number of aryl methyl sites for hydroxylation is 4. The number of carbonyl (C=O) groups is 1. The molecule has 2 fully saturated rings. The fourth-order valence-electron chi connectivity index (χ4n) is 9.97. The number of para-hydroxylation sites is 1. The summed E-state index contributed by atoms with van der Waals surface area (Å²) in [5.41, 5.74) is 16.8. The van der Waals surface area contributed by atoms with Gasteiger partial charge in [-0.2, -0.15) is 22.1 Å². The molecule has 0 atom stereocenters. The number of nitrogens with two attached hydrogens (primary N) is 1. The van der Waals surface area contributed by atoms with Gasteiger partial charge in [-0.1, -0.05) is 49.1 Å². The fourth-order valence-corrected chi connectivity index (χ4v) is 11.1. The molecule has 4 heterocycles. The van der Waals surface area contributed by atoms with Gasteiger partial charge in [-0.15, -0.1) is 5.73 Å². The van der Waals surface area contributed by atoms with Gasteiger partial charge in [0.2, 0.25) is 0 Å². The molecule has 0 radical (unpaired) electrons. The van der Waals surface area contributed by atoms with Crippen LogP contribution < -0.4 is 20.1 Å². The average Bonchev–Trinajstić information content (AvgIpc) is 3.91. The van der Waals surface area contributed by atoms with Crippen LogP contribution in [0.4, 0.5) is 5.69 Å². The summed E-state index contributed by atoms with van der Waals surface area (Å²) < 4.78 is 63.0. The molecular formula is C58H81N9O8S. The standard InChI is InChI=1S/C58H81N9O8S/c1-10-11-12-17-48-44(2)16-13-21-53(48)73-38-15-20-50-49-18-14-19-51(54-45(3)60-62(9)52(54)43-74-47-24-22-46(23-25-47)65-32-34-66(35-33-65)76(69,70)61(7)8)55(49)67(56(50)57(68)75-58(4,5)6)36-31-63-27-29-64(30-28-63)37-40-72-42-41-71-39-26-59/h11-14,16-19,21-25H,1,15,20,26-43,59H2,2-9H3/b17-12-. The van der Waals surface area contributed by atoms with Gasteiger partial charge in [-0.05, 0) is 95.0 Å². The maximum atomic E-state index is 14.9. The van der Waals surface area contributed by atoms with Gasteiger partial charge >= 0.3 is 5.97 Å². The highest BCUT2D eigenvalue weighted by molar-refractivity contribution is 7.86. The minimum Gasteiger partial charge on any atom is -0.493 e. The summed E-state index contributed by atoms with van der Waals surface area (Å²) in [6, 6.07) is 20.4. The molecule has 0 aliphatic carbocycles. The Morgan fingerprint density at radius 3 is 2.20 bits per heavy atom. The lowest BCUT2D eigenvalue weighted by molar-refractivity contribution is 0.00556. The highest BCUT2D eigenvalue weighted by Gasteiger charge is 2.32. The van der Waals surface area contributed by atoms with Crippen LogP contribution in [0.2, 0.25) is 0 Å². The van der Waals surface area contributed by atoms with Gasteiger partial charge < -0.3 is 38.9 Å². The van der Waals surface area contributed by atoms with Gasteiger partial charge in [-0.3, -0.25) is 14.5 Å². The van der Waals surface area contributed by atoms with Crippen LogP contribution in [0.5, 0.6) is 11.5 Å². The molecule has 2 saturated heterocycles. The molecule has 0 unspecified atom stereocenters. The second-order valence-electron chi connectivity index (χ2n) is 20.5. The molecule has 2 aliphatic rings. The summed E-state index contributed by atoms with van der Waals surface area (Å²) in [7, 11) is 1.61. The third kappa shape index (κ3) is 14.8. The number of hydrogen-bond donors (Lipinski definition) is 1. The Kier molecular flexibility index (Phi) is 20.6. The number of benzene rings is 3. The average molecular weight is 1060 g/mol. The molecule has 76 heavy (non-hydrogen) atoms. The zero-order valence-electron chi connectivity index (χ0n) is 46.2. The largest absolute Gasteiger partial charge is 0.493 e. The molecule has 2 aliphatic heterocycles. The van der Waals surface area contributed by atoms with Crippen LogP contribution >= 0.6 is 0 Å². The molecule has 3 aromatic carbocycles. The monoisotopic (exact) mass is 1060 g/mol. The van der Waals surface area contributed by atoms with Crippen LogP contribution in [-0.2, 0) is 51.0 Å². The summed E-state index contributed by atoms with van der Waals surface area (Å²) in [6.07, 6.45) is 6.92. The molecule has 0 spiro atoms. The lowest BCUT2D eigenvalue weighted by Crippen LogP contribution is -2.51. The smallest absolute Gasteiger partial charge is 0.355 e. The Balaban J connectivity index is 1.18. The number of esters is 1. The number of fused-ring (bicyclic) bond motifs is 1. The predicted molar refractivity (Wildman–Crippen MR) is 303 cm³/mol. The van der Waals surface area contributed by atoms with Crippen molar-refractivity contribution in [2.75, 3.05) is 124 Å². The van der Waals surface area contributed by atoms with Crippen molar-refractivity contribution in [3.63, 3.8) is 0 Å². The van der Waals surface area contributed by atoms with Gasteiger partial charge in [0, 0.05) is 127 Å². The number of carbonyl (C=O) groups excluding carboxylic acids is 1. The van der Waals surface area contributed by atoms with Crippen molar-refractivity contribution >= 4 is 38.8 Å². The van der Waals surface area contributed by atoms with Crippen LogP contribution in [-0.4, -0.2) is 172 Å². The molecule has 18 heteroatoms. The topological polar surface area (TPSA) is 162 Å². The third-order valence-corrected chi connectivity index (χ3v) is 15.8. The number of ether oxygens (including phenoxy) is 5. The lowest BCUT2D eigenvalue weighted by Gasteiger charge is -2.36. The first-order valence-electron chi connectivity index (χ1n) is 26.6. The SMILES string of the molecule is C=C=C/C=C\c1c(C)cccc1OCCCc1c(C(=O)OC(C)(C)C)n(CCN2CCN(CCOCCOCCN)CC2)c2c(-c3c(C)nn(C)c3COc3ccc(N4CCN(S(=O)(=O)N(C)C)CC4)cc3)cccc12. The van der Waals surface area contributed by atoms with Crippen molar-refractivity contribution < 1.29 is 36.9 Å². The molecule has 2 aromatic heterocycles. The molecule has 2 N–H and O–H groups in total. The minimum atomic E-state index is -3.46. The van der Waals surface area contributed by atoms with Crippen LogP contribution in [0.3, 0.4) is 0 Å². The molecule has 0 bridgehead atoms. The highest BCUT2D eigenvalue weighted by atomic mass is 32.2.